The van der Waals surface area contributed by atoms with E-state index in [1.807, 2.05) is 11.8 Å². The highest BCUT2D eigenvalue weighted by Crippen LogP contribution is 2.53. The number of hydrogen-bond donors (Lipinski definition) is 1. The van der Waals surface area contributed by atoms with Gasteiger partial charge in [0, 0.05) is 28.6 Å². The smallest absolute Gasteiger partial charge is 0.0352 e. The van der Waals surface area contributed by atoms with Crippen molar-refractivity contribution in [3.8, 4) is 0 Å². The minimum atomic E-state index is 0.484. The van der Waals surface area contributed by atoms with Crippen molar-refractivity contribution in [2.24, 2.45) is 5.92 Å². The molecule has 2 aliphatic rings. The molecule has 6 rings (SSSR count). The van der Waals surface area contributed by atoms with E-state index < -0.39 is 0 Å². The van der Waals surface area contributed by atoms with E-state index >= 15 is 0 Å². The zero-order valence-corrected chi connectivity index (χ0v) is 20.9. The predicted molar refractivity (Wildman–Crippen MR) is 147 cm³/mol. The van der Waals surface area contributed by atoms with E-state index in [1.54, 1.807) is 0 Å². The van der Waals surface area contributed by atoms with Crippen LogP contribution in [0, 0.1) is 5.92 Å². The highest BCUT2D eigenvalue weighted by Gasteiger charge is 2.32. The number of allylic oxidation sites excluding steroid dienone is 1. The molecule has 1 aliphatic heterocycles. The Hall–Kier alpha value is -3.01. The molecule has 1 heterocycles. The van der Waals surface area contributed by atoms with Crippen molar-refractivity contribution in [3.63, 3.8) is 0 Å². The summed E-state index contributed by atoms with van der Waals surface area (Å²) in [5.41, 5.74) is 9.80. The zero-order chi connectivity index (χ0) is 23.2. The summed E-state index contributed by atoms with van der Waals surface area (Å²) >= 11 is 1.90. The van der Waals surface area contributed by atoms with Gasteiger partial charge in [0.1, 0.15) is 0 Å². The maximum absolute atomic E-state index is 3.61. The van der Waals surface area contributed by atoms with Crippen molar-refractivity contribution in [2.45, 2.75) is 23.1 Å². The van der Waals surface area contributed by atoms with Crippen LogP contribution in [0.15, 0.2) is 88.7 Å². The first-order chi connectivity index (χ1) is 16.6. The summed E-state index contributed by atoms with van der Waals surface area (Å²) < 4.78 is 0. The zero-order valence-electron chi connectivity index (χ0n) is 20.1. The number of benzene rings is 4. The summed E-state index contributed by atoms with van der Waals surface area (Å²) in [4.78, 5) is 4.91. The Kier molecular flexibility index (Phi) is 5.47. The maximum atomic E-state index is 3.61. The van der Waals surface area contributed by atoms with Crippen LogP contribution in [0.3, 0.4) is 0 Å². The highest BCUT2D eigenvalue weighted by molar-refractivity contribution is 7.99. The third kappa shape index (κ3) is 3.64. The molecule has 1 atom stereocenters. The first-order valence-corrected chi connectivity index (χ1v) is 13.0. The number of nitrogens with zero attached hydrogens (tertiary/aromatic N) is 1. The summed E-state index contributed by atoms with van der Waals surface area (Å²) in [5, 5.41) is 6.32. The lowest BCUT2D eigenvalue weighted by molar-refractivity contribution is 0.425. The minimum Gasteiger partial charge on any atom is -0.384 e. The Labute approximate surface area is 206 Å². The monoisotopic (exact) mass is 462 g/mol. The molecule has 1 N–H and O–H groups in total. The number of anilines is 1. The van der Waals surface area contributed by atoms with Crippen LogP contribution >= 0.6 is 11.8 Å². The second-order valence-corrected chi connectivity index (χ2v) is 10.8. The van der Waals surface area contributed by atoms with Gasteiger partial charge in [-0.05, 0) is 88.8 Å². The molecule has 3 heteroatoms. The van der Waals surface area contributed by atoms with E-state index in [0.29, 0.717) is 5.92 Å². The van der Waals surface area contributed by atoms with Crippen molar-refractivity contribution in [1.29, 1.82) is 0 Å². The quantitative estimate of drug-likeness (QED) is 0.299. The standard InChI is InChI=1S/C31H30N2S/c1-20-18-22-13-12-21-8-4-5-9-24(21)30(22)29(20)31-25-10-6-7-11-27(25)34-28-19-23(14-15-26(28)31)32-16-17-33(2)3/h4-15,19-20,32H,16-18H2,1-3H3. The molecule has 34 heavy (non-hydrogen) atoms. The molecule has 170 valence electrons. The maximum Gasteiger partial charge on any atom is 0.0352 e. The number of nitrogens with one attached hydrogen (secondary N) is 1. The van der Waals surface area contributed by atoms with Gasteiger partial charge in [-0.2, -0.15) is 0 Å². The van der Waals surface area contributed by atoms with Gasteiger partial charge in [-0.25, -0.2) is 0 Å². The third-order valence-electron chi connectivity index (χ3n) is 7.09. The van der Waals surface area contributed by atoms with Crippen LogP contribution in [0.4, 0.5) is 5.69 Å². The number of rotatable bonds is 4. The Morgan fingerprint density at radius 1 is 0.882 bits per heavy atom. The molecule has 0 fully saturated rings. The Morgan fingerprint density at radius 2 is 1.68 bits per heavy atom. The number of hydrogen-bond acceptors (Lipinski definition) is 3. The number of fused-ring (bicyclic) bond motifs is 5. The van der Waals surface area contributed by atoms with Crippen LogP contribution in [-0.2, 0) is 6.42 Å². The van der Waals surface area contributed by atoms with Crippen molar-refractivity contribution < 1.29 is 0 Å². The lowest BCUT2D eigenvalue weighted by Gasteiger charge is -2.26. The van der Waals surface area contributed by atoms with Gasteiger partial charge < -0.3 is 10.2 Å². The highest BCUT2D eigenvalue weighted by atomic mass is 32.2. The Balaban J connectivity index is 1.57. The summed E-state index contributed by atoms with van der Waals surface area (Å²) in [6.45, 7) is 4.36. The molecule has 0 spiro atoms. The van der Waals surface area contributed by atoms with Crippen LogP contribution in [-0.4, -0.2) is 32.1 Å². The molecule has 4 aromatic rings. The van der Waals surface area contributed by atoms with Crippen LogP contribution < -0.4 is 5.32 Å². The van der Waals surface area contributed by atoms with Gasteiger partial charge in [-0.15, -0.1) is 0 Å². The topological polar surface area (TPSA) is 15.3 Å². The minimum absolute atomic E-state index is 0.484. The van der Waals surface area contributed by atoms with Gasteiger partial charge in [0.25, 0.3) is 0 Å². The van der Waals surface area contributed by atoms with Gasteiger partial charge >= 0.3 is 0 Å². The molecule has 0 saturated carbocycles. The molecule has 0 aromatic heterocycles. The molecule has 0 bridgehead atoms. The molecule has 0 amide bonds. The molecule has 2 nitrogen and oxygen atoms in total. The first-order valence-electron chi connectivity index (χ1n) is 12.2. The van der Waals surface area contributed by atoms with Gasteiger partial charge in [0.05, 0.1) is 0 Å². The van der Waals surface area contributed by atoms with Gasteiger partial charge in [-0.1, -0.05) is 79.3 Å². The van der Waals surface area contributed by atoms with Crippen LogP contribution in [0.25, 0.3) is 21.9 Å². The van der Waals surface area contributed by atoms with Gasteiger partial charge in [0.15, 0.2) is 0 Å². The fourth-order valence-electron chi connectivity index (χ4n) is 5.52. The van der Waals surface area contributed by atoms with Gasteiger partial charge in [0.2, 0.25) is 0 Å². The van der Waals surface area contributed by atoms with E-state index in [-0.39, 0.29) is 0 Å². The Morgan fingerprint density at radius 3 is 2.56 bits per heavy atom. The van der Waals surface area contributed by atoms with Gasteiger partial charge in [-0.3, -0.25) is 0 Å². The second-order valence-electron chi connectivity index (χ2n) is 9.75. The summed E-state index contributed by atoms with van der Waals surface area (Å²) in [6.07, 6.45) is 1.10. The molecule has 1 aliphatic carbocycles. The lowest BCUT2D eigenvalue weighted by Crippen LogP contribution is -2.20. The lowest BCUT2D eigenvalue weighted by atomic mass is 9.85. The second kappa shape index (κ2) is 8.65. The van der Waals surface area contributed by atoms with E-state index in [9.17, 15) is 0 Å². The fraction of sp³-hybridized carbons (Fsp3) is 0.226. The fourth-order valence-corrected chi connectivity index (χ4v) is 6.65. The summed E-state index contributed by atoms with van der Waals surface area (Å²) in [7, 11) is 4.23. The van der Waals surface area contributed by atoms with Crippen LogP contribution in [0.2, 0.25) is 0 Å². The number of likely N-dealkylation sites (N-methyl/N-ethyl adjacent to an activating group) is 1. The third-order valence-corrected chi connectivity index (χ3v) is 8.22. The average molecular weight is 463 g/mol. The Bertz CT molecular complexity index is 1430. The molecule has 4 aromatic carbocycles. The van der Waals surface area contributed by atoms with Crippen LogP contribution in [0.5, 0.6) is 0 Å². The molecule has 0 saturated heterocycles. The van der Waals surface area contributed by atoms with Crippen molar-refractivity contribution in [3.05, 3.63) is 101 Å². The summed E-state index contributed by atoms with van der Waals surface area (Å²) in [5.74, 6) is 0.484. The van der Waals surface area contributed by atoms with E-state index in [4.69, 9.17) is 0 Å². The van der Waals surface area contributed by atoms with Crippen molar-refractivity contribution >= 4 is 39.4 Å². The van der Waals surface area contributed by atoms with E-state index in [2.05, 4.69) is 110 Å². The molecular formula is C31H30N2S. The first kappa shape index (κ1) is 21.5. The molecule has 1 unspecified atom stereocenters. The van der Waals surface area contributed by atoms with Crippen molar-refractivity contribution in [2.75, 3.05) is 32.5 Å². The summed E-state index contributed by atoms with van der Waals surface area (Å²) in [6, 6.07) is 29.4. The normalized spacial score (nSPS) is 18.6. The molecular weight excluding hydrogens is 432 g/mol. The van der Waals surface area contributed by atoms with E-state index in [0.717, 1.165) is 19.5 Å². The predicted octanol–water partition coefficient (Wildman–Crippen LogP) is 7.43. The largest absolute Gasteiger partial charge is 0.384 e. The van der Waals surface area contributed by atoms with Crippen LogP contribution in [0.1, 0.15) is 29.2 Å². The van der Waals surface area contributed by atoms with Crippen molar-refractivity contribution in [1.82, 2.24) is 4.90 Å². The van der Waals surface area contributed by atoms with E-state index in [1.165, 1.54) is 59.7 Å². The average Bonchev–Trinajstić information content (AvgIpc) is 3.18. The molecule has 0 radical (unpaired) electrons. The SMILES string of the molecule is CC1Cc2ccc3ccccc3c2C1=C1c2ccccc2Sc2cc(NCCN(C)C)ccc21.